The summed E-state index contributed by atoms with van der Waals surface area (Å²) in [7, 11) is 1.28. The van der Waals surface area contributed by atoms with Gasteiger partial charge < -0.3 is 4.90 Å². The summed E-state index contributed by atoms with van der Waals surface area (Å²) in [6.45, 7) is 5.26. The van der Waals surface area contributed by atoms with E-state index in [1.165, 1.54) is 12.1 Å². The molecule has 1 aromatic rings. The Labute approximate surface area is 138 Å². The molecule has 0 N–H and O–H groups in total. The van der Waals surface area contributed by atoms with Crippen molar-refractivity contribution < 1.29 is 13.2 Å². The molecular formula is C13H14Cl3NO3S. The van der Waals surface area contributed by atoms with Crippen LogP contribution in [-0.2, 0) is 9.05 Å². The Bertz CT molecular complexity index is 701. The van der Waals surface area contributed by atoms with Crippen LogP contribution in [0.25, 0.3) is 0 Å². The van der Waals surface area contributed by atoms with Crippen LogP contribution in [0.4, 0.5) is 0 Å². The highest BCUT2D eigenvalue weighted by atomic mass is 35.7. The van der Waals surface area contributed by atoms with Crippen molar-refractivity contribution in [3.05, 3.63) is 27.7 Å². The molecule has 8 heteroatoms. The molecule has 1 aromatic carbocycles. The number of hydrogen-bond acceptors (Lipinski definition) is 3. The first-order valence-electron chi connectivity index (χ1n) is 6.25. The van der Waals surface area contributed by atoms with Gasteiger partial charge in [0.1, 0.15) is 4.90 Å². The highest BCUT2D eigenvalue weighted by Gasteiger charge is 2.34. The standard InChI is InChI=1S/C13H14Cl3NO3S/c1-13(2)5-6-17(7-13)12(18)10-8(14)3-4-9(11(10)15)21(16,19)20/h3-4H,5-7H2,1-2H3. The van der Waals surface area contributed by atoms with Crippen molar-refractivity contribution in [2.45, 2.75) is 25.2 Å². The number of hydrogen-bond donors (Lipinski definition) is 0. The fourth-order valence-electron chi connectivity index (χ4n) is 2.36. The molecule has 2 rings (SSSR count). The Morgan fingerprint density at radius 2 is 1.90 bits per heavy atom. The zero-order chi connectivity index (χ0) is 16.0. The summed E-state index contributed by atoms with van der Waals surface area (Å²) in [4.78, 5) is 13.9. The van der Waals surface area contributed by atoms with Gasteiger partial charge in [-0.2, -0.15) is 0 Å². The van der Waals surface area contributed by atoms with Gasteiger partial charge in [-0.25, -0.2) is 8.42 Å². The van der Waals surface area contributed by atoms with Crippen LogP contribution in [0.2, 0.25) is 10.0 Å². The third-order valence-corrected chi connectivity index (χ3v) is 5.68. The first-order valence-corrected chi connectivity index (χ1v) is 9.31. The van der Waals surface area contributed by atoms with Crippen molar-refractivity contribution in [2.75, 3.05) is 13.1 Å². The number of benzene rings is 1. The quantitative estimate of drug-likeness (QED) is 0.744. The van der Waals surface area contributed by atoms with Crippen molar-refractivity contribution in [3.8, 4) is 0 Å². The highest BCUT2D eigenvalue weighted by molar-refractivity contribution is 8.13. The highest BCUT2D eigenvalue weighted by Crippen LogP contribution is 2.36. The molecule has 0 atom stereocenters. The largest absolute Gasteiger partial charge is 0.338 e. The van der Waals surface area contributed by atoms with Gasteiger partial charge in [0, 0.05) is 23.8 Å². The number of nitrogens with zero attached hydrogens (tertiary/aromatic N) is 1. The molecule has 0 radical (unpaired) electrons. The molecule has 0 saturated carbocycles. The molecule has 0 aliphatic carbocycles. The summed E-state index contributed by atoms with van der Waals surface area (Å²) in [5, 5.41) is -0.119. The summed E-state index contributed by atoms with van der Waals surface area (Å²) in [6, 6.07) is 2.51. The van der Waals surface area contributed by atoms with Crippen molar-refractivity contribution in [1.82, 2.24) is 4.90 Å². The van der Waals surface area contributed by atoms with E-state index in [1.807, 2.05) is 0 Å². The lowest BCUT2D eigenvalue weighted by Crippen LogP contribution is -2.30. The fourth-order valence-corrected chi connectivity index (χ4v) is 4.25. The summed E-state index contributed by atoms with van der Waals surface area (Å²) in [5.74, 6) is -0.377. The van der Waals surface area contributed by atoms with Crippen LogP contribution in [0.5, 0.6) is 0 Å². The Morgan fingerprint density at radius 3 is 2.38 bits per heavy atom. The Hall–Kier alpha value is -0.490. The fraction of sp³-hybridized carbons (Fsp3) is 0.462. The lowest BCUT2D eigenvalue weighted by molar-refractivity contribution is 0.0778. The normalized spacial score (nSPS) is 18.0. The van der Waals surface area contributed by atoms with Crippen molar-refractivity contribution in [3.63, 3.8) is 0 Å². The van der Waals surface area contributed by atoms with Gasteiger partial charge in [0.2, 0.25) is 0 Å². The van der Waals surface area contributed by atoms with Gasteiger partial charge in [-0.1, -0.05) is 37.0 Å². The van der Waals surface area contributed by atoms with Gasteiger partial charge in [0.15, 0.2) is 0 Å². The van der Waals surface area contributed by atoms with Gasteiger partial charge in [0.25, 0.3) is 15.0 Å². The first-order chi connectivity index (χ1) is 9.53. The topological polar surface area (TPSA) is 54.5 Å². The molecule has 1 heterocycles. The maximum absolute atomic E-state index is 12.6. The van der Waals surface area contributed by atoms with Gasteiger partial charge in [-0.15, -0.1) is 0 Å². The number of amides is 1. The third kappa shape index (κ3) is 3.47. The minimum Gasteiger partial charge on any atom is -0.338 e. The Balaban J connectivity index is 2.47. The minimum absolute atomic E-state index is 0.0160. The molecular weight excluding hydrogens is 357 g/mol. The predicted molar refractivity (Wildman–Crippen MR) is 83.8 cm³/mol. The van der Waals surface area contributed by atoms with E-state index in [1.54, 1.807) is 4.90 Å². The molecule has 1 amide bonds. The maximum atomic E-state index is 12.6. The molecule has 1 aliphatic rings. The molecule has 1 saturated heterocycles. The lowest BCUT2D eigenvalue weighted by atomic mass is 9.93. The summed E-state index contributed by atoms with van der Waals surface area (Å²) < 4.78 is 23.0. The average molecular weight is 371 g/mol. The van der Waals surface area contributed by atoms with E-state index < -0.39 is 9.05 Å². The second kappa shape index (κ2) is 5.61. The van der Waals surface area contributed by atoms with Crippen LogP contribution in [0, 0.1) is 5.41 Å². The minimum atomic E-state index is -4.04. The van der Waals surface area contributed by atoms with E-state index in [4.69, 9.17) is 33.9 Å². The van der Waals surface area contributed by atoms with Gasteiger partial charge in [0.05, 0.1) is 15.6 Å². The monoisotopic (exact) mass is 369 g/mol. The van der Waals surface area contributed by atoms with Gasteiger partial charge in [-0.3, -0.25) is 4.79 Å². The van der Waals surface area contributed by atoms with Crippen molar-refractivity contribution in [2.24, 2.45) is 5.41 Å². The average Bonchev–Trinajstić information content (AvgIpc) is 2.67. The third-order valence-electron chi connectivity index (χ3n) is 3.50. The first kappa shape index (κ1) is 16.9. The van der Waals surface area contributed by atoms with Crippen LogP contribution in [-0.4, -0.2) is 32.3 Å². The van der Waals surface area contributed by atoms with Crippen molar-refractivity contribution in [1.29, 1.82) is 0 Å². The van der Waals surface area contributed by atoms with E-state index in [0.717, 1.165) is 6.42 Å². The molecule has 0 aromatic heterocycles. The molecule has 0 unspecified atom stereocenters. The van der Waals surface area contributed by atoms with E-state index in [2.05, 4.69) is 13.8 Å². The smallest absolute Gasteiger partial charge is 0.262 e. The molecule has 0 bridgehead atoms. The maximum Gasteiger partial charge on any atom is 0.262 e. The summed E-state index contributed by atoms with van der Waals surface area (Å²) in [6.07, 6.45) is 0.863. The van der Waals surface area contributed by atoms with Crippen LogP contribution < -0.4 is 0 Å². The van der Waals surface area contributed by atoms with Crippen LogP contribution in [0.15, 0.2) is 17.0 Å². The number of carbonyl (C=O) groups is 1. The molecule has 1 fully saturated rings. The van der Waals surface area contributed by atoms with Gasteiger partial charge >= 0.3 is 0 Å². The van der Waals surface area contributed by atoms with Crippen molar-refractivity contribution >= 4 is 48.8 Å². The zero-order valence-electron chi connectivity index (χ0n) is 11.5. The van der Waals surface area contributed by atoms with E-state index in [0.29, 0.717) is 13.1 Å². The zero-order valence-corrected chi connectivity index (χ0v) is 14.6. The number of carbonyl (C=O) groups excluding carboxylic acids is 1. The number of likely N-dealkylation sites (tertiary alicyclic amines) is 1. The Morgan fingerprint density at radius 1 is 1.29 bits per heavy atom. The van der Waals surface area contributed by atoms with E-state index in [-0.39, 0.29) is 31.8 Å². The molecule has 21 heavy (non-hydrogen) atoms. The van der Waals surface area contributed by atoms with Crippen LogP contribution in [0.3, 0.4) is 0 Å². The number of halogens is 3. The summed E-state index contributed by atoms with van der Waals surface area (Å²) in [5.41, 5.74) is 0.00267. The summed E-state index contributed by atoms with van der Waals surface area (Å²) >= 11 is 12.1. The lowest BCUT2D eigenvalue weighted by Gasteiger charge is -2.21. The van der Waals surface area contributed by atoms with E-state index >= 15 is 0 Å². The molecule has 0 spiro atoms. The number of rotatable bonds is 2. The second-order valence-corrected chi connectivity index (χ2v) is 9.13. The Kier molecular flexibility index (Phi) is 4.51. The SMILES string of the molecule is CC1(C)CCN(C(=O)c2c(Cl)ccc(S(=O)(=O)Cl)c2Cl)C1. The molecule has 116 valence electrons. The van der Waals surface area contributed by atoms with E-state index in [9.17, 15) is 13.2 Å². The van der Waals surface area contributed by atoms with Crippen LogP contribution in [0.1, 0.15) is 30.6 Å². The molecule has 1 aliphatic heterocycles. The molecule has 4 nitrogen and oxygen atoms in total. The van der Waals surface area contributed by atoms with Crippen LogP contribution >= 0.6 is 33.9 Å². The second-order valence-electron chi connectivity index (χ2n) is 5.81. The predicted octanol–water partition coefficient (Wildman–Crippen LogP) is 3.79. The van der Waals surface area contributed by atoms with Gasteiger partial charge in [-0.05, 0) is 24.0 Å².